The first-order valence-corrected chi connectivity index (χ1v) is 8.28. The predicted octanol–water partition coefficient (Wildman–Crippen LogP) is 3.65. The number of hydrogen-bond acceptors (Lipinski definition) is 4. The van der Waals surface area contributed by atoms with Crippen LogP contribution in [0.2, 0.25) is 5.02 Å². The molecule has 0 N–H and O–H groups in total. The number of halogens is 1. The van der Waals surface area contributed by atoms with E-state index in [1.54, 1.807) is 12.1 Å². The molecule has 1 aromatic carbocycles. The van der Waals surface area contributed by atoms with Gasteiger partial charge in [0.15, 0.2) is 0 Å². The molecular weight excluding hydrogens is 296 g/mol. The lowest BCUT2D eigenvalue weighted by Crippen LogP contribution is -2.32. The molecule has 1 atom stereocenters. The van der Waals surface area contributed by atoms with Crippen LogP contribution in [-0.2, 0) is 9.53 Å². The second-order valence-corrected chi connectivity index (χ2v) is 6.51. The normalized spacial score (nSPS) is 17.5. The second-order valence-electron chi connectivity index (χ2n) is 4.85. The number of methoxy groups -OCH3 is 1. The van der Waals surface area contributed by atoms with Crippen LogP contribution in [-0.4, -0.2) is 31.2 Å². The Balaban J connectivity index is 1.98. The van der Waals surface area contributed by atoms with Gasteiger partial charge in [0.25, 0.3) is 0 Å². The Bertz CT molecular complexity index is 446. The van der Waals surface area contributed by atoms with Crippen LogP contribution in [0.3, 0.4) is 0 Å². The van der Waals surface area contributed by atoms with Crippen molar-refractivity contribution in [3.05, 3.63) is 29.3 Å². The average molecular weight is 315 g/mol. The molecule has 2 rings (SSSR count). The molecule has 1 heterocycles. The van der Waals surface area contributed by atoms with Gasteiger partial charge in [0.2, 0.25) is 0 Å². The second kappa shape index (κ2) is 7.79. The Morgan fingerprint density at radius 1 is 1.45 bits per heavy atom. The topological polar surface area (TPSA) is 35.5 Å². The van der Waals surface area contributed by atoms with Gasteiger partial charge in [0, 0.05) is 5.02 Å². The van der Waals surface area contributed by atoms with Crippen molar-refractivity contribution in [2.24, 2.45) is 11.8 Å². The molecule has 1 aromatic rings. The van der Waals surface area contributed by atoms with E-state index in [9.17, 15) is 4.79 Å². The highest BCUT2D eigenvalue weighted by atomic mass is 35.5. The molecule has 1 fully saturated rings. The molecule has 0 aliphatic carbocycles. The van der Waals surface area contributed by atoms with Crippen molar-refractivity contribution < 1.29 is 14.3 Å². The van der Waals surface area contributed by atoms with Gasteiger partial charge in [-0.1, -0.05) is 17.7 Å². The fourth-order valence-corrected chi connectivity index (χ4v) is 3.73. The van der Waals surface area contributed by atoms with Crippen molar-refractivity contribution >= 4 is 29.3 Å². The molecule has 110 valence electrons. The monoisotopic (exact) mass is 314 g/mol. The van der Waals surface area contributed by atoms with Crippen LogP contribution in [0.25, 0.3) is 0 Å². The van der Waals surface area contributed by atoms with Crippen molar-refractivity contribution in [2.75, 3.05) is 25.2 Å². The lowest BCUT2D eigenvalue weighted by atomic mass is 9.88. The lowest BCUT2D eigenvalue weighted by Gasteiger charge is -2.28. The van der Waals surface area contributed by atoms with Crippen LogP contribution in [0.5, 0.6) is 5.75 Å². The highest BCUT2D eigenvalue weighted by Gasteiger charge is 2.31. The van der Waals surface area contributed by atoms with Crippen molar-refractivity contribution in [3.8, 4) is 5.75 Å². The van der Waals surface area contributed by atoms with Crippen molar-refractivity contribution in [1.82, 2.24) is 0 Å². The zero-order valence-corrected chi connectivity index (χ0v) is 13.1. The summed E-state index contributed by atoms with van der Waals surface area (Å²) in [5.41, 5.74) is 0. The van der Waals surface area contributed by atoms with E-state index < -0.39 is 0 Å². The molecule has 0 radical (unpaired) electrons. The first-order chi connectivity index (χ1) is 9.70. The Morgan fingerprint density at radius 3 is 2.85 bits per heavy atom. The summed E-state index contributed by atoms with van der Waals surface area (Å²) in [6.45, 7) is 0.350. The first kappa shape index (κ1) is 15.5. The van der Waals surface area contributed by atoms with Gasteiger partial charge in [0.1, 0.15) is 12.4 Å². The van der Waals surface area contributed by atoms with Gasteiger partial charge < -0.3 is 9.47 Å². The fourth-order valence-electron chi connectivity index (χ4n) is 2.41. The third kappa shape index (κ3) is 4.32. The van der Waals surface area contributed by atoms with Crippen LogP contribution >= 0.6 is 23.4 Å². The molecule has 5 heteroatoms. The molecule has 0 amide bonds. The summed E-state index contributed by atoms with van der Waals surface area (Å²) < 4.78 is 10.7. The van der Waals surface area contributed by atoms with E-state index in [1.165, 1.54) is 7.11 Å². The Kier molecular flexibility index (Phi) is 6.05. The number of carbonyl (C=O) groups excluding carboxylic acids is 1. The maximum absolute atomic E-state index is 12.0. The standard InChI is InChI=1S/C15H19ClO3S/c1-18-15(17)14(11-5-7-20-8-6-11)10-19-13-4-2-3-12(16)9-13/h2-4,9,11,14H,5-8,10H2,1H3. The number of esters is 1. The van der Waals surface area contributed by atoms with Crippen LogP contribution in [0, 0.1) is 11.8 Å². The molecule has 3 nitrogen and oxygen atoms in total. The largest absolute Gasteiger partial charge is 0.493 e. The third-order valence-electron chi connectivity index (χ3n) is 3.56. The molecule has 0 aromatic heterocycles. The Hall–Kier alpha value is -0.870. The summed E-state index contributed by atoms with van der Waals surface area (Å²) in [4.78, 5) is 12.0. The maximum atomic E-state index is 12.0. The summed E-state index contributed by atoms with van der Waals surface area (Å²) in [5, 5.41) is 0.631. The minimum Gasteiger partial charge on any atom is -0.493 e. The van der Waals surface area contributed by atoms with Gasteiger partial charge in [-0.2, -0.15) is 11.8 Å². The smallest absolute Gasteiger partial charge is 0.312 e. The third-order valence-corrected chi connectivity index (χ3v) is 4.85. The van der Waals surface area contributed by atoms with Crippen LogP contribution in [0.4, 0.5) is 0 Å². The molecule has 1 aliphatic rings. The van der Waals surface area contributed by atoms with Crippen molar-refractivity contribution in [3.63, 3.8) is 0 Å². The van der Waals surface area contributed by atoms with Gasteiger partial charge in [-0.15, -0.1) is 0 Å². The molecular formula is C15H19ClO3S. The Morgan fingerprint density at radius 2 is 2.20 bits per heavy atom. The van der Waals surface area contributed by atoms with Gasteiger partial charge in [-0.05, 0) is 48.5 Å². The molecule has 0 spiro atoms. The van der Waals surface area contributed by atoms with Gasteiger partial charge in [0.05, 0.1) is 13.0 Å². The lowest BCUT2D eigenvalue weighted by molar-refractivity contribution is -0.148. The molecule has 0 bridgehead atoms. The molecule has 0 saturated carbocycles. The summed E-state index contributed by atoms with van der Waals surface area (Å²) >= 11 is 7.87. The fraction of sp³-hybridized carbons (Fsp3) is 0.533. The summed E-state index contributed by atoms with van der Waals surface area (Å²) in [7, 11) is 1.44. The number of thioether (sulfide) groups is 1. The predicted molar refractivity (Wildman–Crippen MR) is 82.5 cm³/mol. The van der Waals surface area contributed by atoms with Crippen molar-refractivity contribution in [1.29, 1.82) is 0 Å². The number of carbonyl (C=O) groups is 1. The summed E-state index contributed by atoms with van der Waals surface area (Å²) in [6.07, 6.45) is 2.09. The molecule has 20 heavy (non-hydrogen) atoms. The quantitative estimate of drug-likeness (QED) is 0.777. The first-order valence-electron chi connectivity index (χ1n) is 6.74. The molecule has 1 saturated heterocycles. The van der Waals surface area contributed by atoms with Crippen LogP contribution in [0.15, 0.2) is 24.3 Å². The minimum atomic E-state index is -0.195. The van der Waals surface area contributed by atoms with Gasteiger partial charge in [-0.3, -0.25) is 4.79 Å². The van der Waals surface area contributed by atoms with Gasteiger partial charge >= 0.3 is 5.97 Å². The van der Waals surface area contributed by atoms with Crippen LogP contribution < -0.4 is 4.74 Å². The minimum absolute atomic E-state index is 0.177. The molecule has 1 unspecified atom stereocenters. The van der Waals surface area contributed by atoms with E-state index in [2.05, 4.69) is 0 Å². The molecule has 1 aliphatic heterocycles. The van der Waals surface area contributed by atoms with E-state index in [0.29, 0.717) is 23.3 Å². The van der Waals surface area contributed by atoms with E-state index >= 15 is 0 Å². The van der Waals surface area contributed by atoms with E-state index in [4.69, 9.17) is 21.1 Å². The Labute approximate surface area is 129 Å². The zero-order chi connectivity index (χ0) is 14.4. The van der Waals surface area contributed by atoms with E-state index in [1.807, 2.05) is 23.9 Å². The SMILES string of the molecule is COC(=O)C(COc1cccc(Cl)c1)C1CCSCC1. The number of rotatable bonds is 5. The highest BCUT2D eigenvalue weighted by Crippen LogP contribution is 2.30. The van der Waals surface area contributed by atoms with Crippen molar-refractivity contribution in [2.45, 2.75) is 12.8 Å². The summed E-state index contributed by atoms with van der Waals surface area (Å²) in [5.74, 6) is 2.88. The average Bonchev–Trinajstić information content (AvgIpc) is 2.48. The van der Waals surface area contributed by atoms with E-state index in [-0.39, 0.29) is 11.9 Å². The number of benzene rings is 1. The summed E-state index contributed by atoms with van der Waals surface area (Å²) in [6, 6.07) is 7.23. The van der Waals surface area contributed by atoms with E-state index in [0.717, 1.165) is 24.3 Å². The number of ether oxygens (including phenoxy) is 2. The van der Waals surface area contributed by atoms with Gasteiger partial charge in [-0.25, -0.2) is 0 Å². The zero-order valence-electron chi connectivity index (χ0n) is 11.5. The highest BCUT2D eigenvalue weighted by molar-refractivity contribution is 7.99. The maximum Gasteiger partial charge on any atom is 0.312 e. The van der Waals surface area contributed by atoms with Crippen LogP contribution in [0.1, 0.15) is 12.8 Å². The number of hydrogen-bond donors (Lipinski definition) is 0.